The van der Waals surface area contributed by atoms with Gasteiger partial charge in [-0.05, 0) is 6.42 Å². The number of carbonyl (C=O) groups excluding carboxylic acids is 1. The predicted octanol–water partition coefficient (Wildman–Crippen LogP) is 1.98. The first kappa shape index (κ1) is 14.3. The first-order valence-electron chi connectivity index (χ1n) is 7.07. The van der Waals surface area contributed by atoms with Crippen LogP contribution in [0.4, 0.5) is 0 Å². The van der Waals surface area contributed by atoms with Gasteiger partial charge in [-0.1, -0.05) is 30.3 Å². The van der Waals surface area contributed by atoms with Gasteiger partial charge in [0.05, 0.1) is 18.7 Å². The van der Waals surface area contributed by atoms with E-state index in [0.717, 1.165) is 5.56 Å². The summed E-state index contributed by atoms with van der Waals surface area (Å²) in [7, 11) is 1.35. The lowest BCUT2D eigenvalue weighted by molar-refractivity contribution is -0.146. The molecule has 0 radical (unpaired) electrons. The third kappa shape index (κ3) is 2.36. The summed E-state index contributed by atoms with van der Waals surface area (Å²) >= 11 is 0. The fourth-order valence-electron chi connectivity index (χ4n) is 2.90. The Labute approximate surface area is 127 Å². The summed E-state index contributed by atoms with van der Waals surface area (Å²) in [5.41, 5.74) is 1.48. The Kier molecular flexibility index (Phi) is 3.66. The number of hydrogen-bond donors (Lipinski definition) is 1. The molecule has 6 heteroatoms. The summed E-state index contributed by atoms with van der Waals surface area (Å²) in [4.78, 5) is 27.5. The smallest absolute Gasteiger partial charge is 0.356 e. The number of hydrogen-bond acceptors (Lipinski definition) is 4. The van der Waals surface area contributed by atoms with Crippen LogP contribution in [0.1, 0.15) is 22.6 Å². The molecule has 2 aromatic rings. The molecule has 1 aliphatic heterocycles. The summed E-state index contributed by atoms with van der Waals surface area (Å²) < 4.78 is 6.68. The van der Waals surface area contributed by atoms with Crippen LogP contribution < -0.4 is 0 Å². The molecule has 6 nitrogen and oxygen atoms in total. The van der Waals surface area contributed by atoms with Crippen molar-refractivity contribution in [1.29, 1.82) is 0 Å². The van der Waals surface area contributed by atoms with Crippen molar-refractivity contribution in [3.05, 3.63) is 41.7 Å². The van der Waals surface area contributed by atoms with E-state index in [4.69, 9.17) is 4.74 Å². The molecule has 1 unspecified atom stereocenters. The van der Waals surface area contributed by atoms with Crippen molar-refractivity contribution in [3.63, 3.8) is 0 Å². The number of methoxy groups -OCH3 is 1. The number of ether oxygens (including phenoxy) is 1. The maximum atomic E-state index is 11.7. The molecule has 22 heavy (non-hydrogen) atoms. The highest BCUT2D eigenvalue weighted by molar-refractivity contribution is 5.88. The molecule has 0 aliphatic carbocycles. The minimum Gasteiger partial charge on any atom is -0.476 e. The summed E-state index contributed by atoms with van der Waals surface area (Å²) in [5.74, 6) is -1.05. The number of rotatable bonds is 3. The van der Waals surface area contributed by atoms with Crippen LogP contribution in [-0.4, -0.2) is 33.7 Å². The van der Waals surface area contributed by atoms with Crippen LogP contribution in [-0.2, 0) is 22.5 Å². The minimum atomic E-state index is -1.07. The van der Waals surface area contributed by atoms with E-state index in [1.165, 1.54) is 7.11 Å². The Bertz CT molecular complexity index is 721. The number of aromatic carboxylic acids is 1. The number of imidazole rings is 1. The number of carboxylic acids is 1. The standard InChI is InChI=1S/C16H16N2O4/c1-22-16(21)11-7-8-18-12(9-11)13(15(19)20)17-14(18)10-5-3-2-4-6-10/h2-6,11H,7-9H2,1H3,(H,19,20). The fraction of sp³-hybridized carbons (Fsp3) is 0.312. The van der Waals surface area contributed by atoms with E-state index in [9.17, 15) is 14.7 Å². The monoisotopic (exact) mass is 300 g/mol. The Balaban J connectivity index is 2.07. The van der Waals surface area contributed by atoms with Crippen molar-refractivity contribution in [2.24, 2.45) is 5.92 Å². The maximum Gasteiger partial charge on any atom is 0.356 e. The topological polar surface area (TPSA) is 81.4 Å². The number of fused-ring (bicyclic) bond motifs is 1. The molecule has 1 aromatic heterocycles. The van der Waals surface area contributed by atoms with Crippen molar-refractivity contribution in [3.8, 4) is 11.4 Å². The highest BCUT2D eigenvalue weighted by Gasteiger charge is 2.32. The van der Waals surface area contributed by atoms with E-state index in [2.05, 4.69) is 4.98 Å². The van der Waals surface area contributed by atoms with Crippen molar-refractivity contribution >= 4 is 11.9 Å². The van der Waals surface area contributed by atoms with Crippen LogP contribution in [0.2, 0.25) is 0 Å². The van der Waals surface area contributed by atoms with E-state index in [-0.39, 0.29) is 17.6 Å². The average Bonchev–Trinajstić information content (AvgIpc) is 2.94. The first-order chi connectivity index (χ1) is 10.6. The van der Waals surface area contributed by atoms with Gasteiger partial charge in [0.2, 0.25) is 0 Å². The van der Waals surface area contributed by atoms with Crippen LogP contribution in [0.5, 0.6) is 0 Å². The lowest BCUT2D eigenvalue weighted by Gasteiger charge is -2.23. The van der Waals surface area contributed by atoms with Gasteiger partial charge in [-0.2, -0.15) is 0 Å². The summed E-state index contributed by atoms with van der Waals surface area (Å²) in [6, 6.07) is 9.46. The molecule has 0 saturated carbocycles. The normalized spacial score (nSPS) is 16.9. The molecule has 0 amide bonds. The van der Waals surface area contributed by atoms with Gasteiger partial charge in [-0.3, -0.25) is 4.79 Å². The maximum absolute atomic E-state index is 11.7. The van der Waals surface area contributed by atoms with Gasteiger partial charge >= 0.3 is 11.9 Å². The van der Waals surface area contributed by atoms with E-state index >= 15 is 0 Å². The lowest BCUT2D eigenvalue weighted by atomic mass is 9.95. The molecule has 0 fully saturated rings. The van der Waals surface area contributed by atoms with Crippen LogP contribution in [0, 0.1) is 5.92 Å². The zero-order chi connectivity index (χ0) is 15.7. The second-order valence-electron chi connectivity index (χ2n) is 5.27. The number of aromatic nitrogens is 2. The Hall–Kier alpha value is -2.63. The summed E-state index contributed by atoms with van der Waals surface area (Å²) in [6.45, 7) is 0.555. The molecule has 114 valence electrons. The van der Waals surface area contributed by atoms with Gasteiger partial charge < -0.3 is 14.4 Å². The van der Waals surface area contributed by atoms with Crippen molar-refractivity contribution in [2.75, 3.05) is 7.11 Å². The Morgan fingerprint density at radius 3 is 2.68 bits per heavy atom. The highest BCUT2D eigenvalue weighted by atomic mass is 16.5. The molecule has 1 N–H and O–H groups in total. The van der Waals surface area contributed by atoms with Gasteiger partial charge in [0.15, 0.2) is 5.69 Å². The second kappa shape index (κ2) is 5.63. The minimum absolute atomic E-state index is 0.0208. The first-order valence-corrected chi connectivity index (χ1v) is 7.07. The largest absolute Gasteiger partial charge is 0.476 e. The number of carbonyl (C=O) groups is 2. The predicted molar refractivity (Wildman–Crippen MR) is 78.4 cm³/mol. The molecule has 1 aliphatic rings. The Morgan fingerprint density at radius 2 is 2.05 bits per heavy atom. The van der Waals surface area contributed by atoms with Gasteiger partial charge in [0.1, 0.15) is 5.82 Å². The quantitative estimate of drug-likeness (QED) is 0.877. The van der Waals surface area contributed by atoms with Crippen molar-refractivity contribution in [1.82, 2.24) is 9.55 Å². The number of nitrogens with zero attached hydrogens (tertiary/aromatic N) is 2. The van der Waals surface area contributed by atoms with Gasteiger partial charge in [0.25, 0.3) is 0 Å². The Morgan fingerprint density at radius 1 is 1.32 bits per heavy atom. The lowest BCUT2D eigenvalue weighted by Crippen LogP contribution is -2.27. The number of esters is 1. The molecule has 0 bridgehead atoms. The van der Waals surface area contributed by atoms with Crippen LogP contribution >= 0.6 is 0 Å². The summed E-state index contributed by atoms with van der Waals surface area (Å²) in [6.07, 6.45) is 0.961. The van der Waals surface area contributed by atoms with E-state index in [0.29, 0.717) is 30.9 Å². The third-order valence-corrected chi connectivity index (χ3v) is 3.98. The number of carboxylic acid groups (broad SMARTS) is 1. The van der Waals surface area contributed by atoms with Gasteiger partial charge in [-0.25, -0.2) is 9.78 Å². The van der Waals surface area contributed by atoms with Crippen molar-refractivity contribution in [2.45, 2.75) is 19.4 Å². The molecule has 0 spiro atoms. The zero-order valence-electron chi connectivity index (χ0n) is 12.2. The molecule has 3 rings (SSSR count). The van der Waals surface area contributed by atoms with Crippen molar-refractivity contribution < 1.29 is 19.4 Å². The van der Waals surface area contributed by atoms with Gasteiger partial charge in [0, 0.05) is 18.5 Å². The molecule has 1 atom stereocenters. The van der Waals surface area contributed by atoms with Gasteiger partial charge in [-0.15, -0.1) is 0 Å². The average molecular weight is 300 g/mol. The third-order valence-electron chi connectivity index (χ3n) is 3.98. The number of benzene rings is 1. The highest BCUT2D eigenvalue weighted by Crippen LogP contribution is 2.30. The van der Waals surface area contributed by atoms with E-state index in [1.54, 1.807) is 0 Å². The molecular weight excluding hydrogens is 284 g/mol. The van der Waals surface area contributed by atoms with Crippen LogP contribution in [0.25, 0.3) is 11.4 Å². The van der Waals surface area contributed by atoms with Crippen LogP contribution in [0.15, 0.2) is 30.3 Å². The molecule has 2 heterocycles. The molecular formula is C16H16N2O4. The molecule has 1 aromatic carbocycles. The zero-order valence-corrected chi connectivity index (χ0v) is 12.2. The van der Waals surface area contributed by atoms with E-state index < -0.39 is 5.97 Å². The second-order valence-corrected chi connectivity index (χ2v) is 5.27. The summed E-state index contributed by atoms with van der Waals surface area (Å²) in [5, 5.41) is 9.39. The van der Waals surface area contributed by atoms with E-state index in [1.807, 2.05) is 34.9 Å². The fourth-order valence-corrected chi connectivity index (χ4v) is 2.90. The SMILES string of the molecule is COC(=O)C1CCn2c(-c3ccccc3)nc(C(=O)O)c2C1. The molecule has 0 saturated heterocycles. The van der Waals surface area contributed by atoms with Crippen LogP contribution in [0.3, 0.4) is 0 Å².